The molecule has 1 atom stereocenters. The molecule has 1 unspecified atom stereocenters. The van der Waals surface area contributed by atoms with Gasteiger partial charge in [0.05, 0.1) is 5.52 Å². The van der Waals surface area contributed by atoms with Gasteiger partial charge in [0.2, 0.25) is 0 Å². The Morgan fingerprint density at radius 2 is 1.85 bits per heavy atom. The average molecular weight is 349 g/mol. The Kier molecular flexibility index (Phi) is 4.69. The van der Waals surface area contributed by atoms with Crippen molar-refractivity contribution in [1.29, 1.82) is 0 Å². The molecular weight excluding hydrogens is 326 g/mol. The van der Waals surface area contributed by atoms with Gasteiger partial charge in [0.1, 0.15) is 12.1 Å². The van der Waals surface area contributed by atoms with E-state index in [0.717, 1.165) is 40.6 Å². The summed E-state index contributed by atoms with van der Waals surface area (Å²) in [5.41, 5.74) is 9.72. The Morgan fingerprint density at radius 3 is 2.69 bits per heavy atom. The molecule has 0 amide bonds. The Balaban J connectivity index is 1.54. The summed E-state index contributed by atoms with van der Waals surface area (Å²) in [7, 11) is 0. The first-order chi connectivity index (χ1) is 12.7. The second-order valence-corrected chi connectivity index (χ2v) is 6.77. The topological polar surface area (TPSA) is 96.1 Å². The van der Waals surface area contributed by atoms with E-state index in [1.54, 1.807) is 0 Å². The molecule has 0 radical (unpaired) electrons. The van der Waals surface area contributed by atoms with E-state index in [9.17, 15) is 5.11 Å². The summed E-state index contributed by atoms with van der Waals surface area (Å²) in [5.74, 6) is 0.474. The van der Waals surface area contributed by atoms with Crippen LogP contribution in [0.4, 0.5) is 11.5 Å². The number of aromatic nitrogens is 2. The van der Waals surface area contributed by atoms with Gasteiger partial charge in [-0.25, -0.2) is 9.97 Å². The largest absolute Gasteiger partial charge is 0.383 e. The molecule has 134 valence electrons. The summed E-state index contributed by atoms with van der Waals surface area (Å²) in [6.45, 7) is 0. The molecule has 0 saturated heterocycles. The molecule has 0 aliphatic heterocycles. The van der Waals surface area contributed by atoms with Crippen molar-refractivity contribution in [3.05, 3.63) is 48.8 Å². The number of nitrogen functional groups attached to an aromatic ring is 1. The zero-order valence-corrected chi connectivity index (χ0v) is 14.5. The molecule has 1 saturated carbocycles. The van der Waals surface area contributed by atoms with E-state index in [1.165, 1.54) is 19.2 Å². The van der Waals surface area contributed by atoms with Gasteiger partial charge in [-0.3, -0.25) is 5.32 Å². The van der Waals surface area contributed by atoms with Crippen molar-refractivity contribution >= 4 is 22.4 Å². The zero-order chi connectivity index (χ0) is 17.9. The molecule has 26 heavy (non-hydrogen) atoms. The SMILES string of the molecule is Nc1ncnc2ccc(-c3cccc(NC(O)NC4CCCC4)c3)cc12. The molecule has 0 bridgehead atoms. The second-order valence-electron chi connectivity index (χ2n) is 6.77. The summed E-state index contributed by atoms with van der Waals surface area (Å²) in [6.07, 6.45) is 5.43. The van der Waals surface area contributed by atoms with Crippen molar-refractivity contribution in [2.75, 3.05) is 11.1 Å². The first-order valence-electron chi connectivity index (χ1n) is 9.00. The summed E-state index contributed by atoms with van der Waals surface area (Å²) in [4.78, 5) is 8.30. The van der Waals surface area contributed by atoms with E-state index in [4.69, 9.17) is 5.73 Å². The lowest BCUT2D eigenvalue weighted by atomic mass is 10.0. The van der Waals surface area contributed by atoms with E-state index in [2.05, 4.69) is 20.6 Å². The molecule has 3 aromatic rings. The highest BCUT2D eigenvalue weighted by Gasteiger charge is 2.17. The molecule has 4 rings (SSSR count). The number of aliphatic hydroxyl groups excluding tert-OH is 1. The van der Waals surface area contributed by atoms with Crippen LogP contribution in [0.15, 0.2) is 48.8 Å². The quantitative estimate of drug-likeness (QED) is 0.529. The molecule has 1 aromatic heterocycles. The minimum atomic E-state index is -0.756. The van der Waals surface area contributed by atoms with Gasteiger partial charge in [-0.05, 0) is 48.2 Å². The van der Waals surface area contributed by atoms with Crippen LogP contribution in [-0.4, -0.2) is 27.5 Å². The van der Waals surface area contributed by atoms with Gasteiger partial charge in [-0.2, -0.15) is 0 Å². The predicted octanol–water partition coefficient (Wildman–Crippen LogP) is 3.10. The number of nitrogens with zero attached hydrogens (tertiary/aromatic N) is 2. The maximum atomic E-state index is 10.2. The summed E-state index contributed by atoms with van der Waals surface area (Å²) in [6, 6.07) is 14.3. The molecule has 0 spiro atoms. The van der Waals surface area contributed by atoms with Crippen molar-refractivity contribution in [2.24, 2.45) is 0 Å². The first-order valence-corrected chi connectivity index (χ1v) is 9.00. The second kappa shape index (κ2) is 7.27. The first kappa shape index (κ1) is 16.8. The van der Waals surface area contributed by atoms with Crippen LogP contribution in [0.5, 0.6) is 0 Å². The number of aliphatic hydroxyl groups is 1. The molecule has 1 aliphatic carbocycles. The van der Waals surface area contributed by atoms with Crippen molar-refractivity contribution < 1.29 is 5.11 Å². The van der Waals surface area contributed by atoms with Gasteiger partial charge >= 0.3 is 0 Å². The van der Waals surface area contributed by atoms with E-state index in [1.807, 2.05) is 42.5 Å². The van der Waals surface area contributed by atoms with E-state index >= 15 is 0 Å². The van der Waals surface area contributed by atoms with E-state index < -0.39 is 6.35 Å². The van der Waals surface area contributed by atoms with Crippen LogP contribution >= 0.6 is 0 Å². The highest BCUT2D eigenvalue weighted by molar-refractivity contribution is 5.91. The van der Waals surface area contributed by atoms with E-state index in [0.29, 0.717) is 11.9 Å². The van der Waals surface area contributed by atoms with Gasteiger partial charge in [0.15, 0.2) is 6.35 Å². The van der Waals surface area contributed by atoms with Crippen LogP contribution in [-0.2, 0) is 0 Å². The van der Waals surface area contributed by atoms with Crippen LogP contribution in [0, 0.1) is 0 Å². The number of nitrogens with one attached hydrogen (secondary N) is 2. The molecular formula is C20H23N5O. The molecule has 1 aliphatic rings. The minimum Gasteiger partial charge on any atom is -0.383 e. The van der Waals surface area contributed by atoms with Gasteiger partial charge < -0.3 is 16.2 Å². The van der Waals surface area contributed by atoms with Crippen LogP contribution in [0.3, 0.4) is 0 Å². The third-order valence-corrected chi connectivity index (χ3v) is 4.91. The molecule has 1 heterocycles. The zero-order valence-electron chi connectivity index (χ0n) is 14.5. The Morgan fingerprint density at radius 1 is 1.04 bits per heavy atom. The smallest absolute Gasteiger partial charge is 0.181 e. The highest BCUT2D eigenvalue weighted by atomic mass is 16.3. The molecule has 1 fully saturated rings. The minimum absolute atomic E-state index is 0.393. The van der Waals surface area contributed by atoms with Crippen molar-refractivity contribution in [3.8, 4) is 11.1 Å². The van der Waals surface area contributed by atoms with Gasteiger partial charge in [-0.15, -0.1) is 0 Å². The molecule has 6 heteroatoms. The number of nitrogens with two attached hydrogens (primary N) is 1. The molecule has 5 N–H and O–H groups in total. The van der Waals surface area contributed by atoms with Crippen LogP contribution in [0.2, 0.25) is 0 Å². The van der Waals surface area contributed by atoms with Crippen molar-refractivity contribution in [1.82, 2.24) is 15.3 Å². The number of rotatable bonds is 5. The lowest BCUT2D eigenvalue weighted by Gasteiger charge is -2.20. The van der Waals surface area contributed by atoms with Crippen LogP contribution in [0.1, 0.15) is 25.7 Å². The van der Waals surface area contributed by atoms with Crippen molar-refractivity contribution in [2.45, 2.75) is 38.1 Å². The van der Waals surface area contributed by atoms with Crippen LogP contribution < -0.4 is 16.4 Å². The number of hydrogen-bond donors (Lipinski definition) is 4. The number of benzene rings is 2. The number of anilines is 2. The normalized spacial score (nSPS) is 16.0. The fourth-order valence-electron chi connectivity index (χ4n) is 3.56. The summed E-state index contributed by atoms with van der Waals surface area (Å²) >= 11 is 0. The fraction of sp³-hybridized carbons (Fsp3) is 0.300. The Hall–Kier alpha value is -2.70. The third-order valence-electron chi connectivity index (χ3n) is 4.91. The number of fused-ring (bicyclic) bond motifs is 1. The van der Waals surface area contributed by atoms with Gasteiger partial charge in [-0.1, -0.05) is 31.0 Å². The monoisotopic (exact) mass is 349 g/mol. The Labute approximate surface area is 152 Å². The average Bonchev–Trinajstić information content (AvgIpc) is 3.15. The van der Waals surface area contributed by atoms with Crippen LogP contribution in [0.25, 0.3) is 22.0 Å². The third kappa shape index (κ3) is 3.61. The summed E-state index contributed by atoms with van der Waals surface area (Å²) in [5, 5.41) is 17.4. The van der Waals surface area contributed by atoms with E-state index in [-0.39, 0.29) is 0 Å². The lowest BCUT2D eigenvalue weighted by Crippen LogP contribution is -2.41. The van der Waals surface area contributed by atoms with Crippen molar-refractivity contribution in [3.63, 3.8) is 0 Å². The lowest BCUT2D eigenvalue weighted by molar-refractivity contribution is 0.149. The maximum Gasteiger partial charge on any atom is 0.181 e. The number of hydrogen-bond acceptors (Lipinski definition) is 6. The Bertz CT molecular complexity index is 908. The highest BCUT2D eigenvalue weighted by Crippen LogP contribution is 2.27. The van der Waals surface area contributed by atoms with Gasteiger partial charge in [0, 0.05) is 17.1 Å². The molecule has 2 aromatic carbocycles. The molecule has 6 nitrogen and oxygen atoms in total. The maximum absolute atomic E-state index is 10.2. The predicted molar refractivity (Wildman–Crippen MR) is 104 cm³/mol. The summed E-state index contributed by atoms with van der Waals surface area (Å²) < 4.78 is 0. The van der Waals surface area contributed by atoms with Gasteiger partial charge in [0.25, 0.3) is 0 Å². The standard InChI is InChI=1S/C20H23N5O/c21-19-17-11-14(8-9-18(17)22-12-23-19)13-4-3-7-16(10-13)25-20(26)24-15-5-1-2-6-15/h3-4,7-12,15,20,24-26H,1-2,5-6H2,(H2,21,22,23). The fourth-order valence-corrected chi connectivity index (χ4v) is 3.56.